The molecular formula is C99H58F10N2. The Morgan fingerprint density at radius 1 is 0.270 bits per heavy atom. The first-order valence-corrected chi connectivity index (χ1v) is 36.5. The van der Waals surface area contributed by atoms with Gasteiger partial charge in [-0.3, -0.25) is 0 Å². The molecule has 534 valence electrons. The molecule has 111 heavy (non-hydrogen) atoms. The Labute approximate surface area is 632 Å². The number of allylic oxidation sites excluding steroid dienone is 5. The third-order valence-corrected chi connectivity index (χ3v) is 23.8. The van der Waals surface area contributed by atoms with Crippen LogP contribution in [0.4, 0.5) is 78.0 Å². The fourth-order valence-corrected chi connectivity index (χ4v) is 19.2. The summed E-state index contributed by atoms with van der Waals surface area (Å²) in [4.78, 5) is 4.19. The Bertz CT molecular complexity index is 6610. The molecule has 0 N–H and O–H groups in total. The third kappa shape index (κ3) is 9.10. The van der Waals surface area contributed by atoms with Crippen LogP contribution in [-0.4, -0.2) is 0 Å². The topological polar surface area (TPSA) is 6.48 Å². The van der Waals surface area contributed by atoms with Crippen molar-refractivity contribution < 1.29 is 43.9 Å². The van der Waals surface area contributed by atoms with Crippen molar-refractivity contribution in [2.24, 2.45) is 0 Å². The molecule has 3 unspecified atom stereocenters. The Morgan fingerprint density at radius 2 is 0.595 bits per heavy atom. The largest absolute Gasteiger partial charge is 0.310 e. The maximum absolute atomic E-state index is 17.5. The lowest BCUT2D eigenvalue weighted by Gasteiger charge is -2.38. The van der Waals surface area contributed by atoms with Crippen molar-refractivity contribution in [3.05, 3.63) is 447 Å². The first-order valence-electron chi connectivity index (χ1n) is 36.5. The van der Waals surface area contributed by atoms with E-state index in [1.165, 1.54) is 0 Å². The predicted molar refractivity (Wildman–Crippen MR) is 421 cm³/mol. The van der Waals surface area contributed by atoms with E-state index in [1.807, 2.05) is 164 Å². The molecule has 0 bridgehead atoms. The van der Waals surface area contributed by atoms with Crippen molar-refractivity contribution in [1.29, 1.82) is 0 Å². The van der Waals surface area contributed by atoms with Gasteiger partial charge in [0.05, 0.1) is 27.6 Å². The fourth-order valence-electron chi connectivity index (χ4n) is 19.2. The number of hydrogen-bond acceptors (Lipinski definition) is 2. The number of hydrogen-bond donors (Lipinski definition) is 0. The minimum atomic E-state index is -2.28. The summed E-state index contributed by atoms with van der Waals surface area (Å²) < 4.78 is 166. The van der Waals surface area contributed by atoms with Crippen molar-refractivity contribution in [3.8, 4) is 44.5 Å². The summed E-state index contributed by atoms with van der Waals surface area (Å²) in [6.45, 7) is 7.92. The minimum absolute atomic E-state index is 0.180. The van der Waals surface area contributed by atoms with Crippen LogP contribution in [0.3, 0.4) is 0 Å². The number of benzene rings is 15. The van der Waals surface area contributed by atoms with Crippen molar-refractivity contribution in [1.82, 2.24) is 0 Å². The van der Waals surface area contributed by atoms with Crippen LogP contribution in [-0.2, 0) is 16.2 Å². The third-order valence-electron chi connectivity index (χ3n) is 23.8. The second-order valence-electron chi connectivity index (χ2n) is 28.9. The van der Waals surface area contributed by atoms with Gasteiger partial charge in [0.15, 0.2) is 46.5 Å². The molecule has 0 amide bonds. The molecule has 12 heteroatoms. The Balaban J connectivity index is 0.842. The van der Waals surface area contributed by atoms with Gasteiger partial charge in [-0.2, -0.15) is 0 Å². The minimum Gasteiger partial charge on any atom is -0.310 e. The lowest BCUT2D eigenvalue weighted by molar-refractivity contribution is 0.362. The molecule has 0 saturated heterocycles. The van der Waals surface area contributed by atoms with Crippen LogP contribution in [0.15, 0.2) is 322 Å². The van der Waals surface area contributed by atoms with Crippen molar-refractivity contribution >= 4 is 61.7 Å². The van der Waals surface area contributed by atoms with E-state index in [4.69, 9.17) is 0 Å². The summed E-state index contributed by atoms with van der Waals surface area (Å²) >= 11 is 0. The van der Waals surface area contributed by atoms with Gasteiger partial charge < -0.3 is 9.80 Å². The highest BCUT2D eigenvalue weighted by Gasteiger charge is 2.56. The van der Waals surface area contributed by atoms with Crippen LogP contribution in [0.1, 0.15) is 79.6 Å². The van der Waals surface area contributed by atoms with Gasteiger partial charge in [0, 0.05) is 44.6 Å². The molecule has 0 heterocycles. The first-order chi connectivity index (χ1) is 54.1. The molecular weight excluding hydrogens is 1410 g/mol. The van der Waals surface area contributed by atoms with E-state index in [-0.39, 0.29) is 17.5 Å². The number of nitrogens with zero attached hydrogens (tertiary/aromatic N) is 2. The predicted octanol–water partition coefficient (Wildman–Crippen LogP) is 26.8. The smallest absolute Gasteiger partial charge is 0.200 e. The molecule has 0 aliphatic heterocycles. The summed E-state index contributed by atoms with van der Waals surface area (Å²) in [7, 11) is 0. The summed E-state index contributed by atoms with van der Waals surface area (Å²) in [5.41, 5.74) is 9.26. The van der Waals surface area contributed by atoms with Gasteiger partial charge in [-0.05, 0) is 190 Å². The zero-order valence-corrected chi connectivity index (χ0v) is 58.9. The first kappa shape index (κ1) is 67.1. The molecule has 15 aromatic rings. The van der Waals surface area contributed by atoms with Crippen LogP contribution in [0.25, 0.3) is 72.1 Å². The molecule has 20 rings (SSSR count). The highest BCUT2D eigenvalue weighted by atomic mass is 19.2. The summed E-state index contributed by atoms with van der Waals surface area (Å²) in [5, 5.41) is 3.45. The van der Waals surface area contributed by atoms with Gasteiger partial charge in [-0.25, -0.2) is 43.9 Å². The molecule has 0 saturated carbocycles. The molecule has 2 nitrogen and oxygen atoms in total. The second kappa shape index (κ2) is 24.9. The fraction of sp³-hybridized carbons (Fsp3) is 0.0505. The summed E-state index contributed by atoms with van der Waals surface area (Å²) in [6.07, 6.45) is 7.35. The van der Waals surface area contributed by atoms with Crippen molar-refractivity contribution in [2.75, 3.05) is 9.80 Å². The van der Waals surface area contributed by atoms with Gasteiger partial charge in [0.2, 0.25) is 11.6 Å². The zero-order valence-electron chi connectivity index (χ0n) is 58.9. The number of rotatable bonds is 12. The van der Waals surface area contributed by atoms with Gasteiger partial charge in [-0.1, -0.05) is 261 Å². The molecule has 1 spiro atoms. The normalized spacial score (nSPS) is 17.1. The SMILES string of the molecule is C=CC1=CC=C(C2(c3c(F)c(F)c(F)c(F)c3F)c3ccccc3-c3ccc(N(c4ccc5c(c4)C4(c6ccccc6-5)c5ccccc5-c5ccc(N(c6ccc7c(c6)C(c6ccc(C=C)cc6)(c6c(F)c(F)c(F)c(F)c6F)c6ccccc6-7)c6cccc7ccccc67)cc54)c4cccc5ccccc45)cc32)CC1. The van der Waals surface area contributed by atoms with Gasteiger partial charge in [0.25, 0.3) is 0 Å². The van der Waals surface area contributed by atoms with E-state index < -0.39 is 85.5 Å². The average Bonchev–Trinajstić information content (AvgIpc) is 1.48. The van der Waals surface area contributed by atoms with Crippen molar-refractivity contribution in [3.63, 3.8) is 0 Å². The highest BCUT2D eigenvalue weighted by Crippen LogP contribution is 2.67. The van der Waals surface area contributed by atoms with E-state index in [1.54, 1.807) is 91.0 Å². The molecule has 0 aromatic heterocycles. The number of halogens is 10. The van der Waals surface area contributed by atoms with Gasteiger partial charge >= 0.3 is 0 Å². The molecule has 15 aromatic carbocycles. The summed E-state index contributed by atoms with van der Waals surface area (Å²) in [6, 6.07) is 89.0. The Hall–Kier alpha value is -13.3. The monoisotopic (exact) mass is 1460 g/mol. The van der Waals surface area contributed by atoms with Crippen LogP contribution in [0.2, 0.25) is 0 Å². The van der Waals surface area contributed by atoms with E-state index in [2.05, 4.69) is 71.5 Å². The quantitative estimate of drug-likeness (QED) is 0.0683. The zero-order chi connectivity index (χ0) is 75.7. The lowest BCUT2D eigenvalue weighted by atomic mass is 9.64. The van der Waals surface area contributed by atoms with E-state index >= 15 is 43.9 Å². The lowest BCUT2D eigenvalue weighted by Crippen LogP contribution is -2.34. The highest BCUT2D eigenvalue weighted by molar-refractivity contribution is 6.04. The maximum atomic E-state index is 17.5. The molecule has 3 atom stereocenters. The van der Waals surface area contributed by atoms with E-state index in [0.29, 0.717) is 90.6 Å². The van der Waals surface area contributed by atoms with E-state index in [0.717, 1.165) is 71.6 Å². The van der Waals surface area contributed by atoms with E-state index in [9.17, 15) is 0 Å². The second-order valence-corrected chi connectivity index (χ2v) is 28.9. The number of anilines is 6. The standard InChI is InChI=1S/C99H58F10N2/c1-3-55-35-39-59(40-36-55)97(85-87(100)91(104)95(108)92(105)88(85)101)75-29-13-9-25-67(75)71-47-43-61(51-79(71)97)110(83-33-17-21-57-19-5-7-23-65(57)83)63-45-49-73-69-27-11-15-31-77(69)99(81(73)53-63)78-32-16-12-28-70(78)74-50-46-64(54-82(74)99)111(84-34-18-22-58-20-6-8-24-66(58)84)62-44-48-72-68-26-10-14-30-76(68)98(80(72)52-62,60-41-37-56(4-2)38-42-60)86-89(102)93(106)96(109)94(107)90(86)103/h3-37,39-41,43-54H,1-2,38,42H2. The molecule has 0 radical (unpaired) electrons. The van der Waals surface area contributed by atoms with Crippen LogP contribution >= 0.6 is 0 Å². The molecule has 5 aliphatic carbocycles. The van der Waals surface area contributed by atoms with Crippen LogP contribution < -0.4 is 9.80 Å². The van der Waals surface area contributed by atoms with Gasteiger partial charge in [0.1, 0.15) is 0 Å². The molecule has 5 aliphatic rings. The maximum Gasteiger partial charge on any atom is 0.200 e. The van der Waals surface area contributed by atoms with Crippen LogP contribution in [0.5, 0.6) is 0 Å². The Kier molecular flexibility index (Phi) is 15.0. The summed E-state index contributed by atoms with van der Waals surface area (Å²) in [5.74, 6) is -20.6. The van der Waals surface area contributed by atoms with Crippen LogP contribution in [0, 0.1) is 58.2 Å². The number of fused-ring (bicyclic) bond motifs is 18. The Morgan fingerprint density at radius 3 is 0.982 bits per heavy atom. The average molecular weight is 1470 g/mol. The van der Waals surface area contributed by atoms with Crippen molar-refractivity contribution in [2.45, 2.75) is 29.1 Å². The molecule has 0 fully saturated rings. The van der Waals surface area contributed by atoms with Gasteiger partial charge in [-0.15, -0.1) is 0 Å².